The summed E-state index contributed by atoms with van der Waals surface area (Å²) in [7, 11) is 0. The minimum absolute atomic E-state index is 0.628. The van der Waals surface area contributed by atoms with Gasteiger partial charge in [0.2, 0.25) is 0 Å². The molecule has 0 saturated heterocycles. The third-order valence-electron chi connectivity index (χ3n) is 14.0. The molecule has 1 unspecified atom stereocenters. The summed E-state index contributed by atoms with van der Waals surface area (Å²) < 4.78 is 6.87. The maximum atomic E-state index is 6.87. The van der Waals surface area contributed by atoms with E-state index in [9.17, 15) is 0 Å². The average Bonchev–Trinajstić information content (AvgIpc) is 3.94. The van der Waals surface area contributed by atoms with Gasteiger partial charge in [0.25, 0.3) is 0 Å². The summed E-state index contributed by atoms with van der Waals surface area (Å²) in [4.78, 5) is 2.36. The molecule has 0 bridgehead atoms. The number of hydrogen-bond donors (Lipinski definition) is 0. The van der Waals surface area contributed by atoms with Gasteiger partial charge < -0.3 is 9.32 Å². The zero-order valence-electron chi connectivity index (χ0n) is 36.7. The van der Waals surface area contributed by atoms with Gasteiger partial charge in [0.1, 0.15) is 11.2 Å². The summed E-state index contributed by atoms with van der Waals surface area (Å²) >= 11 is 0. The average molecular weight is 854 g/mol. The Morgan fingerprint density at radius 2 is 0.791 bits per heavy atom. The molecule has 2 nitrogen and oxygen atoms in total. The Bertz CT molecular complexity index is 3770. The van der Waals surface area contributed by atoms with E-state index in [0.29, 0.717) is 0 Å². The predicted octanol–water partition coefficient (Wildman–Crippen LogP) is 17.6. The van der Waals surface area contributed by atoms with Crippen LogP contribution < -0.4 is 4.90 Å². The van der Waals surface area contributed by atoms with Crippen molar-refractivity contribution in [2.24, 2.45) is 0 Å². The van der Waals surface area contributed by atoms with Crippen LogP contribution in [0.25, 0.3) is 77.2 Å². The standard InChI is InChI=1S/C65H43NO/c1-3-15-44(16-4-1)45-29-36-51(37-30-45)66(53-40-33-48(34-41-53)55-24-13-18-47-17-7-8-21-54(47)55)52-38-31-46(32-39-52)49-35-42-57-56-22-9-11-26-60(56)65(62(57)43-49,50-19-5-2-6-20-50)61-27-14-25-59-58-23-10-12-28-63(58)67-64(59)61/h1-43H. The SMILES string of the molecule is c1ccc(-c2ccc(N(c3ccc(-c4ccc5c(c4)C(c4ccccc4)(c4cccc6c4oc4ccccc46)c4ccccc4-5)cc3)c3ccc(-c4cccc5ccccc45)cc3)cc2)cc1. The van der Waals surface area contributed by atoms with Crippen LogP contribution in [0.3, 0.4) is 0 Å². The molecular weight excluding hydrogens is 811 g/mol. The molecule has 0 aliphatic heterocycles. The number of rotatable bonds is 8. The monoisotopic (exact) mass is 853 g/mol. The molecule has 1 heterocycles. The Hall–Kier alpha value is -8.72. The fourth-order valence-corrected chi connectivity index (χ4v) is 10.9. The Labute approximate surface area is 390 Å². The summed E-state index contributed by atoms with van der Waals surface area (Å²) in [5.41, 5.74) is 18.9. The number of hydrogen-bond acceptors (Lipinski definition) is 2. The van der Waals surface area contributed by atoms with Crippen LogP contribution >= 0.6 is 0 Å². The van der Waals surface area contributed by atoms with Crippen LogP contribution in [0.5, 0.6) is 0 Å². The lowest BCUT2D eigenvalue weighted by Gasteiger charge is -2.34. The van der Waals surface area contributed by atoms with Crippen LogP contribution in [0.4, 0.5) is 17.1 Å². The second-order valence-electron chi connectivity index (χ2n) is 17.6. The van der Waals surface area contributed by atoms with Crippen LogP contribution in [0.1, 0.15) is 22.3 Å². The highest BCUT2D eigenvalue weighted by Gasteiger charge is 2.47. The van der Waals surface area contributed by atoms with Crippen LogP contribution in [-0.4, -0.2) is 0 Å². The quantitative estimate of drug-likeness (QED) is 0.151. The molecule has 2 heteroatoms. The molecule has 0 N–H and O–H groups in total. The van der Waals surface area contributed by atoms with Crippen molar-refractivity contribution in [3.63, 3.8) is 0 Å². The summed E-state index contributed by atoms with van der Waals surface area (Å²) in [6.45, 7) is 0. The van der Waals surface area contributed by atoms with E-state index < -0.39 is 5.41 Å². The largest absolute Gasteiger partial charge is 0.456 e. The molecule has 1 atom stereocenters. The van der Waals surface area contributed by atoms with Gasteiger partial charge in [-0.2, -0.15) is 0 Å². The molecule has 0 radical (unpaired) electrons. The van der Waals surface area contributed by atoms with Gasteiger partial charge in [0, 0.05) is 33.4 Å². The van der Waals surface area contributed by atoms with Crippen molar-refractivity contribution in [2.75, 3.05) is 4.90 Å². The maximum Gasteiger partial charge on any atom is 0.140 e. The van der Waals surface area contributed by atoms with Crippen LogP contribution in [-0.2, 0) is 5.41 Å². The first-order valence-corrected chi connectivity index (χ1v) is 23.1. The second-order valence-corrected chi connectivity index (χ2v) is 17.6. The van der Waals surface area contributed by atoms with Crippen molar-refractivity contribution in [3.8, 4) is 44.5 Å². The van der Waals surface area contributed by atoms with E-state index in [1.165, 1.54) is 60.8 Å². The van der Waals surface area contributed by atoms with E-state index in [0.717, 1.165) is 55.7 Å². The van der Waals surface area contributed by atoms with Crippen LogP contribution in [0.2, 0.25) is 0 Å². The fourth-order valence-electron chi connectivity index (χ4n) is 10.9. The number of benzene rings is 11. The van der Waals surface area contributed by atoms with Crippen molar-refractivity contribution >= 4 is 49.8 Å². The van der Waals surface area contributed by atoms with E-state index in [1.54, 1.807) is 0 Å². The number of furan rings is 1. The van der Waals surface area contributed by atoms with Crippen LogP contribution in [0, 0.1) is 0 Å². The van der Waals surface area contributed by atoms with Crippen molar-refractivity contribution in [3.05, 3.63) is 283 Å². The highest BCUT2D eigenvalue weighted by molar-refractivity contribution is 6.07. The van der Waals surface area contributed by atoms with Crippen LogP contribution in [0.15, 0.2) is 265 Å². The number of anilines is 3. The predicted molar refractivity (Wildman–Crippen MR) is 280 cm³/mol. The van der Waals surface area contributed by atoms with E-state index in [2.05, 4.69) is 266 Å². The molecule has 1 aliphatic rings. The molecule has 0 spiro atoms. The lowest BCUT2D eigenvalue weighted by atomic mass is 9.67. The highest BCUT2D eigenvalue weighted by Crippen LogP contribution is 2.58. The summed E-state index contributed by atoms with van der Waals surface area (Å²) in [6.07, 6.45) is 0. The van der Waals surface area contributed by atoms with Gasteiger partial charge in [-0.1, -0.05) is 212 Å². The van der Waals surface area contributed by atoms with Gasteiger partial charge in [-0.05, 0) is 121 Å². The van der Waals surface area contributed by atoms with Crippen molar-refractivity contribution < 1.29 is 4.42 Å². The number of nitrogens with zero attached hydrogens (tertiary/aromatic N) is 1. The Balaban J connectivity index is 0.938. The van der Waals surface area contributed by atoms with Crippen molar-refractivity contribution in [2.45, 2.75) is 5.41 Å². The van der Waals surface area contributed by atoms with Gasteiger partial charge in [-0.15, -0.1) is 0 Å². The van der Waals surface area contributed by atoms with Gasteiger partial charge in [0.15, 0.2) is 0 Å². The molecule has 1 aliphatic carbocycles. The Morgan fingerprint density at radius 1 is 0.299 bits per heavy atom. The third-order valence-corrected chi connectivity index (χ3v) is 14.0. The Morgan fingerprint density at radius 3 is 1.54 bits per heavy atom. The summed E-state index contributed by atoms with van der Waals surface area (Å²) in [6, 6.07) is 94.8. The van der Waals surface area contributed by atoms with E-state index in [-0.39, 0.29) is 0 Å². The van der Waals surface area contributed by atoms with E-state index in [1.807, 2.05) is 0 Å². The lowest BCUT2D eigenvalue weighted by molar-refractivity contribution is 0.648. The van der Waals surface area contributed by atoms with Gasteiger partial charge in [-0.25, -0.2) is 0 Å². The first-order chi connectivity index (χ1) is 33.2. The summed E-state index contributed by atoms with van der Waals surface area (Å²) in [5.74, 6) is 0. The molecule has 67 heavy (non-hydrogen) atoms. The molecule has 0 amide bonds. The lowest BCUT2D eigenvalue weighted by Crippen LogP contribution is -2.28. The normalized spacial score (nSPS) is 14.0. The van der Waals surface area contributed by atoms with Crippen molar-refractivity contribution in [1.82, 2.24) is 0 Å². The minimum Gasteiger partial charge on any atom is -0.456 e. The van der Waals surface area contributed by atoms with Crippen molar-refractivity contribution in [1.29, 1.82) is 0 Å². The highest BCUT2D eigenvalue weighted by atomic mass is 16.3. The topological polar surface area (TPSA) is 16.4 Å². The number of para-hydroxylation sites is 2. The molecule has 0 saturated carbocycles. The number of fused-ring (bicyclic) bond motifs is 7. The Kier molecular flexibility index (Phi) is 9.11. The summed E-state index contributed by atoms with van der Waals surface area (Å²) in [5, 5.41) is 4.75. The van der Waals surface area contributed by atoms with Gasteiger partial charge in [-0.3, -0.25) is 0 Å². The van der Waals surface area contributed by atoms with E-state index in [4.69, 9.17) is 4.42 Å². The first-order valence-electron chi connectivity index (χ1n) is 23.1. The molecule has 1 aromatic heterocycles. The fraction of sp³-hybridized carbons (Fsp3) is 0.0154. The molecular formula is C65H43NO. The maximum absolute atomic E-state index is 6.87. The molecule has 11 aromatic carbocycles. The molecule has 314 valence electrons. The zero-order chi connectivity index (χ0) is 44.3. The first kappa shape index (κ1) is 38.7. The third kappa shape index (κ3) is 6.26. The molecule has 0 fully saturated rings. The molecule has 13 rings (SSSR count). The van der Waals surface area contributed by atoms with E-state index >= 15 is 0 Å². The van der Waals surface area contributed by atoms with Gasteiger partial charge in [0.05, 0.1) is 5.41 Å². The smallest absolute Gasteiger partial charge is 0.140 e. The zero-order valence-corrected chi connectivity index (χ0v) is 36.7. The van der Waals surface area contributed by atoms with Gasteiger partial charge >= 0.3 is 0 Å². The minimum atomic E-state index is -0.628. The molecule has 12 aromatic rings. The second kappa shape index (κ2) is 15.8.